The molecule has 0 spiro atoms. The van der Waals surface area contributed by atoms with Gasteiger partial charge in [0, 0.05) is 31.9 Å². The fourth-order valence-corrected chi connectivity index (χ4v) is 3.32. The van der Waals surface area contributed by atoms with Crippen LogP contribution in [0, 0.1) is 5.92 Å². The lowest BCUT2D eigenvalue weighted by Gasteiger charge is -2.37. The van der Waals surface area contributed by atoms with Crippen LogP contribution in [0.2, 0.25) is 5.02 Å². The van der Waals surface area contributed by atoms with Gasteiger partial charge in [-0.25, -0.2) is 4.98 Å². The summed E-state index contributed by atoms with van der Waals surface area (Å²) >= 11 is 6.28. The first kappa shape index (κ1) is 16.6. The average Bonchev–Trinajstić information content (AvgIpc) is 2.46. The van der Waals surface area contributed by atoms with Gasteiger partial charge >= 0.3 is 0 Å². The highest BCUT2D eigenvalue weighted by Crippen LogP contribution is 2.30. The third-order valence-electron chi connectivity index (χ3n) is 4.55. The summed E-state index contributed by atoms with van der Waals surface area (Å²) in [5.74, 6) is 1.78. The maximum Gasteiger partial charge on any atom is 0.128 e. The first-order chi connectivity index (χ1) is 9.99. The summed E-state index contributed by atoms with van der Waals surface area (Å²) in [4.78, 5) is 6.89. The second-order valence-corrected chi connectivity index (χ2v) is 7.02. The molecule has 1 aromatic rings. The molecule has 0 saturated heterocycles. The van der Waals surface area contributed by atoms with Gasteiger partial charge in [0.05, 0.1) is 5.02 Å². The van der Waals surface area contributed by atoms with E-state index in [2.05, 4.69) is 49.1 Å². The lowest BCUT2D eigenvalue weighted by atomic mass is 9.85. The molecule has 4 heteroatoms. The second kappa shape index (κ2) is 7.46. The molecule has 0 aliphatic heterocycles. The van der Waals surface area contributed by atoms with Crippen molar-refractivity contribution >= 4 is 17.4 Å². The van der Waals surface area contributed by atoms with E-state index < -0.39 is 0 Å². The van der Waals surface area contributed by atoms with Crippen LogP contribution in [-0.4, -0.2) is 24.1 Å². The number of aromatic nitrogens is 1. The van der Waals surface area contributed by atoms with Crippen molar-refractivity contribution in [2.75, 3.05) is 11.9 Å². The van der Waals surface area contributed by atoms with Crippen molar-refractivity contribution in [1.82, 2.24) is 10.3 Å². The topological polar surface area (TPSA) is 28.2 Å². The lowest BCUT2D eigenvalue weighted by Crippen LogP contribution is -2.39. The van der Waals surface area contributed by atoms with Crippen LogP contribution < -0.4 is 10.2 Å². The third-order valence-corrected chi connectivity index (χ3v) is 4.89. The molecule has 21 heavy (non-hydrogen) atoms. The van der Waals surface area contributed by atoms with Gasteiger partial charge in [0.15, 0.2) is 0 Å². The monoisotopic (exact) mass is 309 g/mol. The molecule has 1 aromatic heterocycles. The van der Waals surface area contributed by atoms with Crippen LogP contribution in [0.5, 0.6) is 0 Å². The number of hydrogen-bond acceptors (Lipinski definition) is 3. The number of pyridine rings is 1. The number of nitrogens with zero attached hydrogens (tertiary/aromatic N) is 2. The van der Waals surface area contributed by atoms with Gasteiger partial charge in [-0.1, -0.05) is 45.2 Å². The summed E-state index contributed by atoms with van der Waals surface area (Å²) < 4.78 is 0. The molecule has 2 rings (SSSR count). The smallest absolute Gasteiger partial charge is 0.128 e. The molecule has 118 valence electrons. The van der Waals surface area contributed by atoms with E-state index >= 15 is 0 Å². The Labute approximate surface area is 134 Å². The first-order valence-electron chi connectivity index (χ1n) is 8.09. The molecular weight excluding hydrogens is 282 g/mol. The second-order valence-electron chi connectivity index (χ2n) is 6.61. The molecule has 1 fully saturated rings. The lowest BCUT2D eigenvalue weighted by molar-refractivity contribution is 0.320. The molecule has 0 radical (unpaired) electrons. The van der Waals surface area contributed by atoms with Gasteiger partial charge in [0.25, 0.3) is 0 Å². The molecule has 1 saturated carbocycles. The van der Waals surface area contributed by atoms with E-state index in [4.69, 9.17) is 11.6 Å². The molecule has 1 N–H and O–H groups in total. The Hall–Kier alpha value is -0.800. The Morgan fingerprint density at radius 1 is 1.38 bits per heavy atom. The van der Waals surface area contributed by atoms with Crippen molar-refractivity contribution in [2.45, 2.75) is 65.1 Å². The van der Waals surface area contributed by atoms with Gasteiger partial charge in [-0.15, -0.1) is 0 Å². The van der Waals surface area contributed by atoms with E-state index in [1.54, 1.807) is 6.20 Å². The molecule has 2 atom stereocenters. The molecule has 0 aromatic carbocycles. The number of anilines is 1. The van der Waals surface area contributed by atoms with E-state index in [1.165, 1.54) is 25.7 Å². The number of halogens is 1. The number of nitrogens with one attached hydrogen (secondary N) is 1. The summed E-state index contributed by atoms with van der Waals surface area (Å²) in [5, 5.41) is 4.17. The van der Waals surface area contributed by atoms with Crippen molar-refractivity contribution in [3.63, 3.8) is 0 Å². The summed E-state index contributed by atoms with van der Waals surface area (Å²) in [6.45, 7) is 7.44. The van der Waals surface area contributed by atoms with E-state index in [0.717, 1.165) is 28.9 Å². The van der Waals surface area contributed by atoms with Crippen LogP contribution in [0.1, 0.15) is 52.0 Å². The summed E-state index contributed by atoms with van der Waals surface area (Å²) in [5.41, 5.74) is 1.13. The van der Waals surface area contributed by atoms with Gasteiger partial charge in [-0.3, -0.25) is 0 Å². The number of rotatable bonds is 5. The molecule has 1 aliphatic rings. The summed E-state index contributed by atoms with van der Waals surface area (Å²) in [6.07, 6.45) is 7.07. The predicted molar refractivity (Wildman–Crippen MR) is 91.0 cm³/mol. The van der Waals surface area contributed by atoms with Crippen molar-refractivity contribution in [1.29, 1.82) is 0 Å². The largest absolute Gasteiger partial charge is 0.356 e. The van der Waals surface area contributed by atoms with Crippen LogP contribution in [0.3, 0.4) is 0 Å². The highest BCUT2D eigenvalue weighted by Gasteiger charge is 2.26. The van der Waals surface area contributed by atoms with E-state index in [0.29, 0.717) is 12.1 Å². The van der Waals surface area contributed by atoms with Crippen molar-refractivity contribution in [3.05, 3.63) is 22.8 Å². The Balaban J connectivity index is 2.13. The Kier molecular flexibility index (Phi) is 5.88. The molecule has 1 heterocycles. The van der Waals surface area contributed by atoms with E-state index in [9.17, 15) is 0 Å². The van der Waals surface area contributed by atoms with Gasteiger partial charge < -0.3 is 10.2 Å². The minimum atomic E-state index is 0.453. The Morgan fingerprint density at radius 2 is 2.10 bits per heavy atom. The standard InChI is InChI=1S/C17H28ClN3/c1-12(2)19-10-14-9-17(20-11-15(14)18)21(4)16-8-6-5-7-13(16)3/h9,11-13,16,19H,5-8,10H2,1-4H3. The van der Waals surface area contributed by atoms with E-state index in [1.807, 2.05) is 0 Å². The van der Waals surface area contributed by atoms with Gasteiger partial charge in [-0.2, -0.15) is 0 Å². The zero-order chi connectivity index (χ0) is 15.4. The maximum atomic E-state index is 6.28. The van der Waals surface area contributed by atoms with Crippen LogP contribution in [0.4, 0.5) is 5.82 Å². The van der Waals surface area contributed by atoms with Crippen molar-refractivity contribution in [2.24, 2.45) is 5.92 Å². The third kappa shape index (κ3) is 4.33. The van der Waals surface area contributed by atoms with Gasteiger partial charge in [0.2, 0.25) is 0 Å². The predicted octanol–water partition coefficient (Wildman–Crippen LogP) is 4.25. The zero-order valence-corrected chi connectivity index (χ0v) is 14.5. The Morgan fingerprint density at radius 3 is 2.76 bits per heavy atom. The molecular formula is C17H28ClN3. The quantitative estimate of drug-likeness (QED) is 0.881. The normalized spacial score (nSPS) is 22.6. The van der Waals surface area contributed by atoms with Gasteiger partial charge in [0.1, 0.15) is 5.82 Å². The zero-order valence-electron chi connectivity index (χ0n) is 13.7. The van der Waals surface area contributed by atoms with Crippen molar-refractivity contribution in [3.8, 4) is 0 Å². The number of hydrogen-bond donors (Lipinski definition) is 1. The van der Waals surface area contributed by atoms with Crippen LogP contribution in [-0.2, 0) is 6.54 Å². The Bertz CT molecular complexity index is 461. The molecule has 2 unspecified atom stereocenters. The average molecular weight is 310 g/mol. The van der Waals surface area contributed by atoms with E-state index in [-0.39, 0.29) is 0 Å². The molecule has 3 nitrogen and oxygen atoms in total. The fraction of sp³-hybridized carbons (Fsp3) is 0.706. The van der Waals surface area contributed by atoms with Crippen LogP contribution in [0.15, 0.2) is 12.3 Å². The van der Waals surface area contributed by atoms with Crippen LogP contribution in [0.25, 0.3) is 0 Å². The van der Waals surface area contributed by atoms with Crippen molar-refractivity contribution < 1.29 is 0 Å². The SMILES string of the molecule is CC(C)NCc1cc(N(C)C2CCCCC2C)ncc1Cl. The minimum Gasteiger partial charge on any atom is -0.356 e. The molecule has 1 aliphatic carbocycles. The van der Waals surface area contributed by atoms with Gasteiger partial charge in [-0.05, 0) is 30.4 Å². The first-order valence-corrected chi connectivity index (χ1v) is 8.47. The van der Waals surface area contributed by atoms with Crippen LogP contribution >= 0.6 is 11.6 Å². The summed E-state index contributed by atoms with van der Waals surface area (Å²) in [6, 6.07) is 3.19. The fourth-order valence-electron chi connectivity index (χ4n) is 3.15. The molecule has 0 amide bonds. The summed E-state index contributed by atoms with van der Waals surface area (Å²) in [7, 11) is 2.17. The minimum absolute atomic E-state index is 0.453. The maximum absolute atomic E-state index is 6.28. The highest BCUT2D eigenvalue weighted by atomic mass is 35.5. The highest BCUT2D eigenvalue weighted by molar-refractivity contribution is 6.31. The molecule has 0 bridgehead atoms.